The molecule has 1 aliphatic heterocycles. The minimum Gasteiger partial charge on any atom is -0.469 e. The maximum atomic E-state index is 12.6. The van der Waals surface area contributed by atoms with E-state index in [0.29, 0.717) is 0 Å². The Balaban J connectivity index is 1.79. The van der Waals surface area contributed by atoms with Crippen molar-refractivity contribution in [3.05, 3.63) is 70.7 Å². The highest BCUT2D eigenvalue weighted by Crippen LogP contribution is 2.32. The number of hydrogen-bond donors (Lipinski definition) is 0. The van der Waals surface area contributed by atoms with E-state index in [4.69, 9.17) is 16.3 Å². The molecule has 1 fully saturated rings. The molecule has 0 aliphatic carbocycles. The van der Waals surface area contributed by atoms with Gasteiger partial charge in [-0.15, -0.1) is 0 Å². The minimum atomic E-state index is -0.243. The van der Waals surface area contributed by atoms with Crippen molar-refractivity contribution >= 4 is 17.6 Å². The molecule has 26 heavy (non-hydrogen) atoms. The first-order valence-electron chi connectivity index (χ1n) is 9.31. The molecular weight excluding hydrogens is 346 g/mol. The highest BCUT2D eigenvalue weighted by molar-refractivity contribution is 6.31. The summed E-state index contributed by atoms with van der Waals surface area (Å²) < 4.78 is 5.16. The molecule has 3 nitrogen and oxygen atoms in total. The van der Waals surface area contributed by atoms with E-state index in [9.17, 15) is 4.79 Å². The Bertz CT molecular complexity index is 719. The summed E-state index contributed by atoms with van der Waals surface area (Å²) in [6.07, 6.45) is 4.21. The fourth-order valence-electron chi connectivity index (χ4n) is 3.94. The van der Waals surface area contributed by atoms with E-state index < -0.39 is 0 Å². The molecule has 0 saturated carbocycles. The third kappa shape index (κ3) is 4.46. The third-order valence-electron chi connectivity index (χ3n) is 5.29. The van der Waals surface area contributed by atoms with Gasteiger partial charge in [0.05, 0.1) is 13.0 Å². The lowest BCUT2D eigenvalue weighted by Gasteiger charge is -2.39. The SMILES string of the molecule is COC(=O)[C@H](c1ccccc1)[C@H]1CCCCN1CCc1ccccc1Cl. The van der Waals surface area contributed by atoms with Crippen LogP contribution in [-0.4, -0.2) is 37.1 Å². The first kappa shape index (κ1) is 18.9. The molecule has 2 aromatic carbocycles. The van der Waals surface area contributed by atoms with Gasteiger partial charge in [0.1, 0.15) is 0 Å². The zero-order chi connectivity index (χ0) is 18.4. The predicted molar refractivity (Wildman–Crippen MR) is 106 cm³/mol. The van der Waals surface area contributed by atoms with E-state index in [2.05, 4.69) is 11.0 Å². The molecule has 0 unspecified atom stereocenters. The average molecular weight is 372 g/mol. The number of piperidine rings is 1. The second-order valence-electron chi connectivity index (χ2n) is 6.85. The molecule has 0 spiro atoms. The van der Waals surface area contributed by atoms with E-state index in [1.54, 1.807) is 0 Å². The van der Waals surface area contributed by atoms with Gasteiger partial charge in [-0.2, -0.15) is 0 Å². The molecule has 1 heterocycles. The van der Waals surface area contributed by atoms with Gasteiger partial charge in [-0.05, 0) is 43.0 Å². The fourth-order valence-corrected chi connectivity index (χ4v) is 4.17. The molecule has 3 rings (SSSR count). The van der Waals surface area contributed by atoms with E-state index in [1.807, 2.05) is 48.5 Å². The van der Waals surface area contributed by atoms with E-state index >= 15 is 0 Å². The lowest BCUT2D eigenvalue weighted by Crippen LogP contribution is -2.46. The van der Waals surface area contributed by atoms with Crippen LogP contribution in [0.3, 0.4) is 0 Å². The second kappa shape index (κ2) is 9.20. The molecule has 1 saturated heterocycles. The van der Waals surface area contributed by atoms with Crippen LogP contribution >= 0.6 is 11.6 Å². The zero-order valence-electron chi connectivity index (χ0n) is 15.2. The molecule has 138 valence electrons. The second-order valence-corrected chi connectivity index (χ2v) is 7.26. The Morgan fingerprint density at radius 3 is 2.62 bits per heavy atom. The van der Waals surface area contributed by atoms with Crippen LogP contribution in [0.15, 0.2) is 54.6 Å². The molecule has 0 radical (unpaired) electrons. The Kier molecular flexibility index (Phi) is 6.70. The standard InChI is InChI=1S/C22H26ClNO2/c1-26-22(25)21(18-10-3-2-4-11-18)20-13-7-8-15-24(20)16-14-17-9-5-6-12-19(17)23/h2-6,9-12,20-21H,7-8,13-16H2,1H3/t20-,21-/m1/s1. The molecule has 0 amide bonds. The molecular formula is C22H26ClNO2. The first-order valence-corrected chi connectivity index (χ1v) is 9.68. The van der Waals surface area contributed by atoms with Crippen molar-refractivity contribution in [2.75, 3.05) is 20.2 Å². The molecule has 0 N–H and O–H groups in total. The zero-order valence-corrected chi connectivity index (χ0v) is 16.0. The van der Waals surface area contributed by atoms with Crippen molar-refractivity contribution in [3.8, 4) is 0 Å². The van der Waals surface area contributed by atoms with Gasteiger partial charge in [-0.25, -0.2) is 0 Å². The van der Waals surface area contributed by atoms with Crippen LogP contribution in [0.1, 0.15) is 36.3 Å². The van der Waals surface area contributed by atoms with Gasteiger partial charge in [-0.3, -0.25) is 9.69 Å². The van der Waals surface area contributed by atoms with Crippen LogP contribution in [0.4, 0.5) is 0 Å². The van der Waals surface area contributed by atoms with Crippen molar-refractivity contribution in [1.82, 2.24) is 4.90 Å². The highest BCUT2D eigenvalue weighted by atomic mass is 35.5. The number of methoxy groups -OCH3 is 1. The number of hydrogen-bond acceptors (Lipinski definition) is 3. The number of halogens is 1. The summed E-state index contributed by atoms with van der Waals surface area (Å²) in [7, 11) is 1.48. The van der Waals surface area contributed by atoms with Gasteiger partial charge in [0.2, 0.25) is 0 Å². The summed E-state index contributed by atoms with van der Waals surface area (Å²) in [6, 6.07) is 18.2. The summed E-state index contributed by atoms with van der Waals surface area (Å²) in [5.74, 6) is -0.390. The van der Waals surface area contributed by atoms with Crippen LogP contribution in [0.5, 0.6) is 0 Å². The maximum absolute atomic E-state index is 12.6. The Hall–Kier alpha value is -1.84. The number of rotatable bonds is 6. The van der Waals surface area contributed by atoms with Crippen molar-refractivity contribution < 1.29 is 9.53 Å². The largest absolute Gasteiger partial charge is 0.469 e. The highest BCUT2D eigenvalue weighted by Gasteiger charge is 2.36. The summed E-state index contributed by atoms with van der Waals surface area (Å²) in [4.78, 5) is 15.1. The van der Waals surface area contributed by atoms with Crippen molar-refractivity contribution in [3.63, 3.8) is 0 Å². The van der Waals surface area contributed by atoms with Crippen molar-refractivity contribution in [2.24, 2.45) is 0 Å². The number of likely N-dealkylation sites (tertiary alicyclic amines) is 1. The van der Waals surface area contributed by atoms with Crippen LogP contribution < -0.4 is 0 Å². The van der Waals surface area contributed by atoms with Crippen LogP contribution in [0, 0.1) is 0 Å². The van der Waals surface area contributed by atoms with Crippen molar-refractivity contribution in [1.29, 1.82) is 0 Å². The van der Waals surface area contributed by atoms with E-state index in [1.165, 1.54) is 13.5 Å². The number of carbonyl (C=O) groups excluding carboxylic acids is 1. The lowest BCUT2D eigenvalue weighted by molar-refractivity contribution is -0.144. The van der Waals surface area contributed by atoms with Crippen molar-refractivity contribution in [2.45, 2.75) is 37.6 Å². The summed E-state index contributed by atoms with van der Waals surface area (Å²) in [6.45, 7) is 1.91. The molecule has 2 atom stereocenters. The quantitative estimate of drug-likeness (QED) is 0.689. The number of benzene rings is 2. The first-order chi connectivity index (χ1) is 12.7. The van der Waals surface area contributed by atoms with E-state index in [-0.39, 0.29) is 17.9 Å². The average Bonchev–Trinajstić information content (AvgIpc) is 2.69. The normalized spacial score (nSPS) is 19.1. The predicted octanol–water partition coefficient (Wildman–Crippen LogP) is 4.69. The lowest BCUT2D eigenvalue weighted by atomic mass is 9.85. The molecule has 1 aliphatic rings. The summed E-state index contributed by atoms with van der Waals surface area (Å²) in [5.41, 5.74) is 2.20. The third-order valence-corrected chi connectivity index (χ3v) is 5.66. The van der Waals surface area contributed by atoms with Gasteiger partial charge in [0.25, 0.3) is 0 Å². The molecule has 0 aromatic heterocycles. The van der Waals surface area contributed by atoms with Gasteiger partial charge >= 0.3 is 5.97 Å². The number of ether oxygens (including phenoxy) is 1. The monoisotopic (exact) mass is 371 g/mol. The molecule has 0 bridgehead atoms. The van der Waals surface area contributed by atoms with Crippen LogP contribution in [0.2, 0.25) is 5.02 Å². The number of esters is 1. The van der Waals surface area contributed by atoms with Crippen LogP contribution in [0.25, 0.3) is 0 Å². The minimum absolute atomic E-state index is 0.147. The molecule has 4 heteroatoms. The smallest absolute Gasteiger partial charge is 0.314 e. The summed E-state index contributed by atoms with van der Waals surface area (Å²) >= 11 is 6.32. The van der Waals surface area contributed by atoms with Crippen LogP contribution in [-0.2, 0) is 16.0 Å². The fraction of sp³-hybridized carbons (Fsp3) is 0.409. The topological polar surface area (TPSA) is 29.5 Å². The van der Waals surface area contributed by atoms with Gasteiger partial charge < -0.3 is 4.74 Å². The summed E-state index contributed by atoms with van der Waals surface area (Å²) in [5, 5.41) is 0.814. The number of carbonyl (C=O) groups is 1. The maximum Gasteiger partial charge on any atom is 0.314 e. The Labute approximate surface area is 160 Å². The number of nitrogens with zero attached hydrogens (tertiary/aromatic N) is 1. The Morgan fingerprint density at radius 1 is 1.15 bits per heavy atom. The van der Waals surface area contributed by atoms with Gasteiger partial charge in [-0.1, -0.05) is 66.6 Å². The molecule has 2 aromatic rings. The van der Waals surface area contributed by atoms with Gasteiger partial charge in [0, 0.05) is 17.6 Å². The van der Waals surface area contributed by atoms with Gasteiger partial charge in [0.15, 0.2) is 0 Å². The Morgan fingerprint density at radius 2 is 1.88 bits per heavy atom. The van der Waals surface area contributed by atoms with E-state index in [0.717, 1.165) is 48.5 Å².